The molecule has 2 saturated heterocycles. The van der Waals surface area contributed by atoms with Crippen molar-refractivity contribution >= 4 is 5.91 Å². The molecule has 0 spiro atoms. The molecule has 3 heterocycles. The molecule has 3 aromatic carbocycles. The summed E-state index contributed by atoms with van der Waals surface area (Å²) in [5.74, 6) is 0.0188. The lowest BCUT2D eigenvalue weighted by Gasteiger charge is -2.41. The number of amides is 1. The topological polar surface area (TPSA) is 62.6 Å². The van der Waals surface area contributed by atoms with Gasteiger partial charge in [0.05, 0.1) is 12.0 Å². The molecule has 1 aromatic heterocycles. The molecule has 0 bridgehead atoms. The Labute approximate surface area is 249 Å². The molecule has 2 aliphatic rings. The summed E-state index contributed by atoms with van der Waals surface area (Å²) in [7, 11) is 0. The molecule has 2 aliphatic heterocycles. The molecule has 1 atom stereocenters. The molecule has 1 amide bonds. The quantitative estimate of drug-likeness (QED) is 0.298. The maximum atomic E-state index is 14.4. The van der Waals surface area contributed by atoms with Crippen LogP contribution >= 0.6 is 0 Å². The summed E-state index contributed by atoms with van der Waals surface area (Å²) in [6.07, 6.45) is 4.74. The number of nitrogens with zero attached hydrogens (tertiary/aromatic N) is 4. The monoisotopic (exact) mass is 563 g/mol. The number of aromatic nitrogens is 2. The van der Waals surface area contributed by atoms with Gasteiger partial charge in [-0.05, 0) is 30.4 Å². The van der Waals surface area contributed by atoms with Crippen molar-refractivity contribution < 1.29 is 9.53 Å². The molecule has 0 unspecified atom stereocenters. The zero-order valence-electron chi connectivity index (χ0n) is 24.3. The highest BCUT2D eigenvalue weighted by atomic mass is 16.5. The lowest BCUT2D eigenvalue weighted by molar-refractivity contribution is 0.0434. The first-order valence-corrected chi connectivity index (χ1v) is 15.3. The Morgan fingerprint density at radius 2 is 1.52 bits per heavy atom. The summed E-state index contributed by atoms with van der Waals surface area (Å²) in [4.78, 5) is 23.7. The van der Waals surface area contributed by atoms with Gasteiger partial charge in [0.25, 0.3) is 5.91 Å². The van der Waals surface area contributed by atoms with Crippen LogP contribution in [0.4, 0.5) is 0 Å². The Kier molecular flexibility index (Phi) is 9.40. The number of hydrogen-bond donors (Lipinski definition) is 1. The van der Waals surface area contributed by atoms with E-state index in [1.165, 1.54) is 11.1 Å². The number of benzene rings is 3. The second-order valence-corrected chi connectivity index (χ2v) is 11.4. The molecule has 7 nitrogen and oxygen atoms in total. The van der Waals surface area contributed by atoms with Gasteiger partial charge in [0.1, 0.15) is 0 Å². The first-order valence-electron chi connectivity index (χ1n) is 15.3. The minimum Gasteiger partial charge on any atom is -0.381 e. The van der Waals surface area contributed by atoms with E-state index >= 15 is 0 Å². The summed E-state index contributed by atoms with van der Waals surface area (Å²) in [5, 5.41) is 3.68. The van der Waals surface area contributed by atoms with E-state index in [-0.39, 0.29) is 11.9 Å². The van der Waals surface area contributed by atoms with Crippen LogP contribution in [-0.2, 0) is 24.2 Å². The van der Waals surface area contributed by atoms with Crippen molar-refractivity contribution in [1.29, 1.82) is 0 Å². The van der Waals surface area contributed by atoms with Crippen molar-refractivity contribution in [3.8, 4) is 11.3 Å². The second-order valence-electron chi connectivity index (χ2n) is 11.4. The molecule has 0 saturated carbocycles. The predicted molar refractivity (Wildman–Crippen MR) is 166 cm³/mol. The van der Waals surface area contributed by atoms with Gasteiger partial charge in [0.2, 0.25) is 0 Å². The molecule has 0 radical (unpaired) electrons. The van der Waals surface area contributed by atoms with E-state index in [4.69, 9.17) is 9.72 Å². The third-order valence-corrected chi connectivity index (χ3v) is 8.49. The van der Waals surface area contributed by atoms with Crippen molar-refractivity contribution in [2.24, 2.45) is 0 Å². The average molecular weight is 564 g/mol. The van der Waals surface area contributed by atoms with Gasteiger partial charge < -0.3 is 19.5 Å². The molecule has 2 fully saturated rings. The number of carbonyl (C=O) groups is 1. The molecule has 0 aliphatic carbocycles. The second kappa shape index (κ2) is 13.9. The summed E-state index contributed by atoms with van der Waals surface area (Å²) >= 11 is 0. The Bertz CT molecular complexity index is 1400. The van der Waals surface area contributed by atoms with Gasteiger partial charge in [-0.1, -0.05) is 91.0 Å². The average Bonchev–Trinajstić information content (AvgIpc) is 3.47. The zero-order chi connectivity index (χ0) is 28.6. The lowest BCUT2D eigenvalue weighted by atomic mass is 10.0. The van der Waals surface area contributed by atoms with E-state index in [9.17, 15) is 4.79 Å². The molecular weight excluding hydrogens is 522 g/mol. The number of piperazine rings is 1. The third kappa shape index (κ3) is 6.98. The fraction of sp³-hybridized carbons (Fsp3) is 0.371. The van der Waals surface area contributed by atoms with Crippen LogP contribution in [-0.4, -0.2) is 76.7 Å². The van der Waals surface area contributed by atoms with Gasteiger partial charge in [-0.15, -0.1) is 0 Å². The molecule has 42 heavy (non-hydrogen) atoms. The van der Waals surface area contributed by atoms with Gasteiger partial charge in [-0.3, -0.25) is 9.69 Å². The van der Waals surface area contributed by atoms with Gasteiger partial charge >= 0.3 is 0 Å². The van der Waals surface area contributed by atoms with Gasteiger partial charge in [0.15, 0.2) is 5.69 Å². The minimum atomic E-state index is 0.0188. The Hall–Kier alpha value is -3.78. The fourth-order valence-electron chi connectivity index (χ4n) is 6.27. The van der Waals surface area contributed by atoms with Gasteiger partial charge in [-0.2, -0.15) is 0 Å². The zero-order valence-corrected chi connectivity index (χ0v) is 24.3. The van der Waals surface area contributed by atoms with Gasteiger partial charge in [0, 0.05) is 70.1 Å². The van der Waals surface area contributed by atoms with Gasteiger partial charge in [-0.25, -0.2) is 4.98 Å². The normalized spacial score (nSPS) is 18.3. The maximum absolute atomic E-state index is 14.4. The van der Waals surface area contributed by atoms with Crippen LogP contribution in [0.5, 0.6) is 0 Å². The van der Waals surface area contributed by atoms with Crippen LogP contribution in [0.2, 0.25) is 0 Å². The van der Waals surface area contributed by atoms with Crippen LogP contribution < -0.4 is 5.32 Å². The third-order valence-electron chi connectivity index (χ3n) is 8.49. The molecule has 6 rings (SSSR count). The largest absolute Gasteiger partial charge is 0.381 e. The summed E-state index contributed by atoms with van der Waals surface area (Å²) in [6.45, 7) is 6.43. The number of nitrogens with one attached hydrogen (secondary N) is 1. The molecule has 7 heteroatoms. The Morgan fingerprint density at radius 3 is 2.24 bits per heavy atom. The number of hydrogen-bond acceptors (Lipinski definition) is 5. The Morgan fingerprint density at radius 1 is 0.857 bits per heavy atom. The highest BCUT2D eigenvalue weighted by molar-refractivity contribution is 5.98. The smallest absolute Gasteiger partial charge is 0.275 e. The van der Waals surface area contributed by atoms with Crippen LogP contribution in [0, 0.1) is 0 Å². The van der Waals surface area contributed by atoms with Crippen LogP contribution in [0.25, 0.3) is 11.3 Å². The summed E-state index contributed by atoms with van der Waals surface area (Å²) in [6, 6.07) is 31.9. The van der Waals surface area contributed by atoms with Crippen molar-refractivity contribution in [2.45, 2.75) is 44.4 Å². The van der Waals surface area contributed by atoms with E-state index in [1.54, 1.807) is 0 Å². The number of ether oxygens (including phenoxy) is 1. The minimum absolute atomic E-state index is 0.0188. The summed E-state index contributed by atoms with van der Waals surface area (Å²) < 4.78 is 7.66. The van der Waals surface area contributed by atoms with E-state index in [2.05, 4.69) is 86.4 Å². The standard InChI is InChI=1S/C35H41N5O2/c41-35(33-34(30-14-8-3-9-15-30)39(27-37-33)19-18-36-31-16-22-42-23-17-31)40-21-20-38(25-29-12-6-2-7-13-29)26-32(40)24-28-10-4-1-5-11-28/h1-15,27,31-32,36H,16-26H2/t32-/m1/s1. The van der Waals surface area contributed by atoms with E-state index < -0.39 is 0 Å². The SMILES string of the molecule is O=C(c1ncn(CCNC2CCOCC2)c1-c1ccccc1)N1CCN(Cc2ccccc2)C[C@H]1Cc1ccccc1. The summed E-state index contributed by atoms with van der Waals surface area (Å²) in [5.41, 5.74) is 5.01. The first kappa shape index (κ1) is 28.3. The van der Waals surface area contributed by atoms with Crippen molar-refractivity contribution in [3.63, 3.8) is 0 Å². The number of carbonyl (C=O) groups excluding carboxylic acids is 1. The molecule has 218 valence electrons. The number of imidazole rings is 1. The van der Waals surface area contributed by atoms with Crippen LogP contribution in [0.3, 0.4) is 0 Å². The first-order chi connectivity index (χ1) is 20.7. The number of rotatable bonds is 10. The van der Waals surface area contributed by atoms with Crippen molar-refractivity contribution in [2.75, 3.05) is 39.4 Å². The van der Waals surface area contributed by atoms with E-state index in [0.717, 1.165) is 76.5 Å². The van der Waals surface area contributed by atoms with Crippen LogP contribution in [0.15, 0.2) is 97.3 Å². The lowest BCUT2D eigenvalue weighted by Crippen LogP contribution is -2.55. The van der Waals surface area contributed by atoms with Crippen molar-refractivity contribution in [3.05, 3.63) is 114 Å². The van der Waals surface area contributed by atoms with E-state index in [0.29, 0.717) is 18.3 Å². The van der Waals surface area contributed by atoms with Crippen LogP contribution in [0.1, 0.15) is 34.5 Å². The molecule has 1 N–H and O–H groups in total. The highest BCUT2D eigenvalue weighted by Crippen LogP contribution is 2.27. The van der Waals surface area contributed by atoms with Crippen molar-refractivity contribution in [1.82, 2.24) is 24.7 Å². The predicted octanol–water partition coefficient (Wildman–Crippen LogP) is 4.89. The fourth-order valence-corrected chi connectivity index (χ4v) is 6.27. The highest BCUT2D eigenvalue weighted by Gasteiger charge is 2.34. The molecular formula is C35H41N5O2. The molecule has 4 aromatic rings. The maximum Gasteiger partial charge on any atom is 0.275 e. The van der Waals surface area contributed by atoms with E-state index in [1.807, 2.05) is 30.6 Å². The Balaban J connectivity index is 1.24.